The fraction of sp³-hybridized carbons (Fsp3) is 0.593. The van der Waals surface area contributed by atoms with E-state index in [4.69, 9.17) is 19.1 Å². The van der Waals surface area contributed by atoms with E-state index in [0.717, 1.165) is 11.6 Å². The second-order valence-electron chi connectivity index (χ2n) is 11.0. The van der Waals surface area contributed by atoms with Crippen LogP contribution in [0.4, 0.5) is 11.8 Å². The molecule has 3 heterocycles. The van der Waals surface area contributed by atoms with Gasteiger partial charge in [-0.05, 0) is 58.9 Å². The maximum Gasteiger partial charge on any atom is 0.225 e. The van der Waals surface area contributed by atoms with E-state index >= 15 is 0 Å². The van der Waals surface area contributed by atoms with E-state index in [2.05, 4.69) is 22.5 Å². The van der Waals surface area contributed by atoms with Crippen molar-refractivity contribution in [3.8, 4) is 17.2 Å². The summed E-state index contributed by atoms with van der Waals surface area (Å²) in [5, 5.41) is 29.0. The minimum atomic E-state index is -3.33. The largest absolute Gasteiger partial charge is 0.478 e. The summed E-state index contributed by atoms with van der Waals surface area (Å²) < 4.78 is 35.7. The Morgan fingerprint density at radius 3 is 2.50 bits per heavy atom. The van der Waals surface area contributed by atoms with Gasteiger partial charge in [-0.25, -0.2) is 18.4 Å². The molecule has 2 aliphatic carbocycles. The first-order chi connectivity index (χ1) is 18.4. The molecule has 2 aliphatic rings. The zero-order valence-corrected chi connectivity index (χ0v) is 25.0. The number of aliphatic hydroxyl groups excluding tert-OH is 2. The molecule has 0 unspecified atom stereocenters. The van der Waals surface area contributed by atoms with Gasteiger partial charge in [0.25, 0.3) is 0 Å². The molecular weight excluding hydrogens is 558 g/mol. The first-order valence-corrected chi connectivity index (χ1v) is 15.5. The first kappa shape index (κ1) is 30.3. The normalized spacial score (nSPS) is 23.6. The van der Waals surface area contributed by atoms with E-state index in [1.165, 1.54) is 12.8 Å². The van der Waals surface area contributed by atoms with Crippen LogP contribution in [-0.4, -0.2) is 76.5 Å². The summed E-state index contributed by atoms with van der Waals surface area (Å²) in [4.78, 5) is 14.0. The number of furan rings is 1. The summed E-state index contributed by atoms with van der Waals surface area (Å²) in [6.45, 7) is 8.22. The Balaban J connectivity index is 0.00000370. The van der Waals surface area contributed by atoms with Crippen molar-refractivity contribution in [1.29, 1.82) is 0 Å². The van der Waals surface area contributed by atoms with Gasteiger partial charge in [-0.15, -0.1) is 12.4 Å². The van der Waals surface area contributed by atoms with E-state index in [1.807, 2.05) is 32.9 Å². The highest BCUT2D eigenvalue weighted by atomic mass is 35.5. The second-order valence-corrected chi connectivity index (χ2v) is 13.1. The summed E-state index contributed by atoms with van der Waals surface area (Å²) in [6, 6.07) is 3.29. The fourth-order valence-electron chi connectivity index (χ4n) is 5.47. The molecular formula is C27H38ClN5O6S. The molecule has 11 nitrogen and oxygen atoms in total. The topological polar surface area (TPSA) is 160 Å². The number of aliphatic hydroxyl groups is 2. The third-order valence-electron chi connectivity index (χ3n) is 7.60. The Labute approximate surface area is 240 Å². The smallest absolute Gasteiger partial charge is 0.225 e. The van der Waals surface area contributed by atoms with Crippen molar-refractivity contribution in [1.82, 2.24) is 15.0 Å². The van der Waals surface area contributed by atoms with E-state index in [1.54, 1.807) is 0 Å². The van der Waals surface area contributed by atoms with Gasteiger partial charge >= 0.3 is 0 Å². The number of halogens is 1. The van der Waals surface area contributed by atoms with Crippen LogP contribution in [0.5, 0.6) is 5.88 Å². The Morgan fingerprint density at radius 2 is 1.85 bits per heavy atom. The fourth-order valence-corrected chi connectivity index (χ4v) is 6.58. The molecule has 0 aliphatic heterocycles. The van der Waals surface area contributed by atoms with Crippen LogP contribution in [0.25, 0.3) is 22.3 Å². The summed E-state index contributed by atoms with van der Waals surface area (Å²) in [7, 11) is -3.33. The summed E-state index contributed by atoms with van der Waals surface area (Å²) in [6.07, 6.45) is 1.39. The highest BCUT2D eigenvalue weighted by Crippen LogP contribution is 2.39. The Hall–Kier alpha value is -2.67. The number of pyridine rings is 1. The molecule has 3 aromatic heterocycles. The van der Waals surface area contributed by atoms with Crippen LogP contribution in [0, 0.1) is 25.7 Å². The van der Waals surface area contributed by atoms with Crippen molar-refractivity contribution < 1.29 is 27.8 Å². The number of hydrogen-bond donors (Lipinski definition) is 4. The lowest BCUT2D eigenvalue weighted by molar-refractivity contribution is 0.0216. The van der Waals surface area contributed by atoms with E-state index in [-0.39, 0.29) is 30.6 Å². The number of rotatable bonds is 10. The average Bonchev–Trinajstić information content (AvgIpc) is 3.56. The van der Waals surface area contributed by atoms with Crippen LogP contribution < -0.4 is 15.4 Å². The number of nitrogens with zero attached hydrogens (tertiary/aromatic N) is 3. The molecule has 2 saturated carbocycles. The molecule has 4 N–H and O–H groups in total. The zero-order chi connectivity index (χ0) is 28.1. The molecule has 0 radical (unpaired) electrons. The number of sulfone groups is 1. The van der Waals surface area contributed by atoms with Gasteiger partial charge in [0, 0.05) is 29.7 Å². The van der Waals surface area contributed by atoms with Gasteiger partial charge in [-0.1, -0.05) is 0 Å². The summed E-state index contributed by atoms with van der Waals surface area (Å²) in [5.41, 5.74) is 2.58. The third kappa shape index (κ3) is 6.45. The molecule has 2 fully saturated rings. The van der Waals surface area contributed by atoms with Crippen LogP contribution in [-0.2, 0) is 9.84 Å². The van der Waals surface area contributed by atoms with Crippen LogP contribution in [0.15, 0.2) is 16.5 Å². The van der Waals surface area contributed by atoms with Crippen molar-refractivity contribution in [2.24, 2.45) is 11.8 Å². The highest BCUT2D eigenvalue weighted by Gasteiger charge is 2.43. The minimum Gasteiger partial charge on any atom is -0.478 e. The molecule has 0 spiro atoms. The number of hydrogen-bond acceptors (Lipinski definition) is 11. The summed E-state index contributed by atoms with van der Waals surface area (Å²) >= 11 is 0. The SMILES string of the molecule is CCOc1cc2cc(-c3c(C)nc(N[C@H](C)C4CC4)nc3N[C@@H]3C[C@H](CS(C)(=O)=O)[C@@H](O)[C@H]3O)oc2c(C)n1.Cl. The first-order valence-electron chi connectivity index (χ1n) is 13.4. The number of anilines is 2. The van der Waals surface area contributed by atoms with Gasteiger partial charge in [0.15, 0.2) is 5.58 Å². The maximum atomic E-state index is 11.9. The van der Waals surface area contributed by atoms with Crippen molar-refractivity contribution in [2.45, 2.75) is 71.2 Å². The Kier molecular flexibility index (Phi) is 8.84. The molecule has 0 aromatic carbocycles. The minimum absolute atomic E-state index is 0. The molecule has 0 amide bonds. The second kappa shape index (κ2) is 11.7. The van der Waals surface area contributed by atoms with Crippen molar-refractivity contribution in [3.05, 3.63) is 23.5 Å². The molecule has 3 aromatic rings. The van der Waals surface area contributed by atoms with Crippen LogP contribution >= 0.6 is 12.4 Å². The molecule has 220 valence electrons. The monoisotopic (exact) mass is 595 g/mol. The lowest BCUT2D eigenvalue weighted by Crippen LogP contribution is -2.36. The Bertz CT molecular complexity index is 1480. The maximum absolute atomic E-state index is 11.9. The number of aromatic nitrogens is 3. The highest BCUT2D eigenvalue weighted by molar-refractivity contribution is 7.90. The predicted octanol–water partition coefficient (Wildman–Crippen LogP) is 3.50. The zero-order valence-electron chi connectivity index (χ0n) is 23.3. The number of aryl methyl sites for hydroxylation is 2. The third-order valence-corrected chi connectivity index (χ3v) is 8.64. The molecule has 5 rings (SSSR count). The van der Waals surface area contributed by atoms with Crippen molar-refractivity contribution >= 4 is 45.0 Å². The van der Waals surface area contributed by atoms with Gasteiger partial charge < -0.3 is 30.0 Å². The quantitative estimate of drug-likeness (QED) is 0.271. The predicted molar refractivity (Wildman–Crippen MR) is 156 cm³/mol. The molecule has 0 bridgehead atoms. The van der Waals surface area contributed by atoms with Gasteiger partial charge in [0.05, 0.1) is 41.5 Å². The van der Waals surface area contributed by atoms with E-state index in [9.17, 15) is 18.6 Å². The van der Waals surface area contributed by atoms with Gasteiger partial charge in [0.1, 0.15) is 27.5 Å². The number of fused-ring (bicyclic) bond motifs is 1. The average molecular weight is 596 g/mol. The van der Waals surface area contributed by atoms with Crippen molar-refractivity contribution in [3.63, 3.8) is 0 Å². The Morgan fingerprint density at radius 1 is 1.12 bits per heavy atom. The van der Waals surface area contributed by atoms with E-state index < -0.39 is 34.0 Å². The van der Waals surface area contributed by atoms with E-state index in [0.29, 0.717) is 58.5 Å². The molecule has 5 atom stereocenters. The molecule has 13 heteroatoms. The lowest BCUT2D eigenvalue weighted by Gasteiger charge is -2.22. The standard InChI is InChI=1S/C27H37N5O6S.ClH/c1-6-37-21-11-17-10-20(38-25(17)15(4)28-21)22-14(3)30-27(29-13(2)16-7-8-16)32-26(22)31-19-9-18(12-39(5,35)36)23(33)24(19)34;/h10-11,13,16,18-19,23-24,33-34H,6-9,12H2,1-5H3,(H2,29,30,31,32);1H/t13-,18-,19-,23-,24+;/m1./s1. The van der Waals surface area contributed by atoms with Crippen LogP contribution in [0.3, 0.4) is 0 Å². The molecule has 40 heavy (non-hydrogen) atoms. The number of nitrogens with one attached hydrogen (secondary N) is 2. The van der Waals surface area contributed by atoms with Gasteiger partial charge in [-0.2, -0.15) is 4.98 Å². The van der Waals surface area contributed by atoms with Crippen LogP contribution in [0.2, 0.25) is 0 Å². The van der Waals surface area contributed by atoms with Crippen LogP contribution in [0.1, 0.15) is 44.5 Å². The summed E-state index contributed by atoms with van der Waals surface area (Å²) in [5.74, 6) is 1.69. The van der Waals surface area contributed by atoms with Gasteiger partial charge in [0.2, 0.25) is 11.8 Å². The number of ether oxygens (including phenoxy) is 1. The van der Waals surface area contributed by atoms with Crippen molar-refractivity contribution in [2.75, 3.05) is 29.2 Å². The molecule has 0 saturated heterocycles. The lowest BCUT2D eigenvalue weighted by atomic mass is 10.1. The van der Waals surface area contributed by atoms with Gasteiger partial charge in [-0.3, -0.25) is 0 Å².